The molecule has 1 aliphatic heterocycles. The molecule has 0 unspecified atom stereocenters. The Labute approximate surface area is 137 Å². The number of rotatable bonds is 4. The van der Waals surface area contributed by atoms with Gasteiger partial charge in [0.25, 0.3) is 0 Å². The standard InChI is InChI=1S/C17H26N4O2/c1-12-9-14(7-8-18-12)16(22)19-11-13-5-4-6-15(10-13)20-17(23)21(2)3/h4-6,10,12,14,18H,7-9,11H2,1-3H3,(H,19,22)(H,20,23)/t12-,14-/m0/s1. The molecule has 0 aliphatic carbocycles. The Bertz CT molecular complexity index is 559. The molecular formula is C17H26N4O2. The van der Waals surface area contributed by atoms with E-state index in [1.807, 2.05) is 24.3 Å². The summed E-state index contributed by atoms with van der Waals surface area (Å²) >= 11 is 0. The summed E-state index contributed by atoms with van der Waals surface area (Å²) in [5, 5.41) is 9.16. The molecule has 1 heterocycles. The monoisotopic (exact) mass is 318 g/mol. The lowest BCUT2D eigenvalue weighted by molar-refractivity contribution is -0.126. The van der Waals surface area contributed by atoms with Crippen LogP contribution in [0.2, 0.25) is 0 Å². The summed E-state index contributed by atoms with van der Waals surface area (Å²) in [4.78, 5) is 25.4. The Morgan fingerprint density at radius 3 is 2.83 bits per heavy atom. The molecule has 0 saturated carbocycles. The van der Waals surface area contributed by atoms with E-state index in [2.05, 4.69) is 22.9 Å². The van der Waals surface area contributed by atoms with Gasteiger partial charge in [-0.05, 0) is 44.0 Å². The average Bonchev–Trinajstić information content (AvgIpc) is 2.53. The van der Waals surface area contributed by atoms with Crippen molar-refractivity contribution in [2.75, 3.05) is 26.0 Å². The summed E-state index contributed by atoms with van der Waals surface area (Å²) in [6.45, 7) is 3.48. The highest BCUT2D eigenvalue weighted by Gasteiger charge is 2.24. The van der Waals surface area contributed by atoms with Crippen LogP contribution in [0.25, 0.3) is 0 Å². The molecule has 126 valence electrons. The first-order chi connectivity index (χ1) is 11.0. The maximum atomic E-state index is 12.3. The Kier molecular flexibility index (Phi) is 5.98. The van der Waals surface area contributed by atoms with Crippen molar-refractivity contribution < 1.29 is 9.59 Å². The second-order valence-electron chi connectivity index (χ2n) is 6.32. The highest BCUT2D eigenvalue weighted by atomic mass is 16.2. The van der Waals surface area contributed by atoms with Gasteiger partial charge in [0.05, 0.1) is 0 Å². The molecule has 1 aromatic carbocycles. The van der Waals surface area contributed by atoms with Crippen LogP contribution in [0, 0.1) is 5.92 Å². The molecule has 2 rings (SSSR count). The quantitative estimate of drug-likeness (QED) is 0.792. The van der Waals surface area contributed by atoms with Crippen LogP contribution in [0.3, 0.4) is 0 Å². The largest absolute Gasteiger partial charge is 0.352 e. The zero-order chi connectivity index (χ0) is 16.8. The average molecular weight is 318 g/mol. The third-order valence-electron chi connectivity index (χ3n) is 4.05. The Morgan fingerprint density at radius 1 is 1.35 bits per heavy atom. The summed E-state index contributed by atoms with van der Waals surface area (Å²) in [6, 6.07) is 7.75. The minimum Gasteiger partial charge on any atom is -0.352 e. The second-order valence-corrected chi connectivity index (χ2v) is 6.32. The number of anilines is 1. The fraction of sp³-hybridized carbons (Fsp3) is 0.529. The van der Waals surface area contributed by atoms with E-state index < -0.39 is 0 Å². The first-order valence-corrected chi connectivity index (χ1v) is 8.04. The Morgan fingerprint density at radius 2 is 2.13 bits per heavy atom. The van der Waals surface area contributed by atoms with Gasteiger partial charge in [-0.3, -0.25) is 4.79 Å². The van der Waals surface area contributed by atoms with Gasteiger partial charge >= 0.3 is 6.03 Å². The molecule has 0 spiro atoms. The van der Waals surface area contributed by atoms with Crippen LogP contribution in [0.15, 0.2) is 24.3 Å². The smallest absolute Gasteiger partial charge is 0.321 e. The number of carbonyl (C=O) groups excluding carboxylic acids is 2. The summed E-state index contributed by atoms with van der Waals surface area (Å²) < 4.78 is 0. The van der Waals surface area contributed by atoms with Crippen molar-refractivity contribution in [2.45, 2.75) is 32.4 Å². The number of benzene rings is 1. The van der Waals surface area contributed by atoms with E-state index >= 15 is 0 Å². The Hall–Kier alpha value is -2.08. The van der Waals surface area contributed by atoms with E-state index in [1.165, 1.54) is 4.90 Å². The lowest BCUT2D eigenvalue weighted by atomic mass is 9.92. The second kappa shape index (κ2) is 7.97. The van der Waals surface area contributed by atoms with Gasteiger partial charge in [0.1, 0.15) is 0 Å². The van der Waals surface area contributed by atoms with E-state index in [-0.39, 0.29) is 17.9 Å². The van der Waals surface area contributed by atoms with Crippen molar-refractivity contribution in [3.8, 4) is 0 Å². The molecule has 6 heteroatoms. The van der Waals surface area contributed by atoms with Gasteiger partial charge in [-0.15, -0.1) is 0 Å². The van der Waals surface area contributed by atoms with Crippen LogP contribution >= 0.6 is 0 Å². The highest BCUT2D eigenvalue weighted by molar-refractivity contribution is 5.89. The lowest BCUT2D eigenvalue weighted by Crippen LogP contribution is -2.42. The minimum atomic E-state index is -0.171. The van der Waals surface area contributed by atoms with Crippen LogP contribution in [0.1, 0.15) is 25.3 Å². The van der Waals surface area contributed by atoms with Crippen molar-refractivity contribution >= 4 is 17.6 Å². The molecule has 23 heavy (non-hydrogen) atoms. The van der Waals surface area contributed by atoms with Crippen molar-refractivity contribution in [2.24, 2.45) is 5.92 Å². The minimum absolute atomic E-state index is 0.0860. The maximum Gasteiger partial charge on any atom is 0.321 e. The predicted molar refractivity (Wildman–Crippen MR) is 91.2 cm³/mol. The topological polar surface area (TPSA) is 73.5 Å². The molecule has 0 radical (unpaired) electrons. The number of piperidine rings is 1. The number of urea groups is 1. The number of hydrogen-bond donors (Lipinski definition) is 3. The zero-order valence-electron chi connectivity index (χ0n) is 14.1. The third-order valence-corrected chi connectivity index (χ3v) is 4.05. The van der Waals surface area contributed by atoms with Gasteiger partial charge in [-0.25, -0.2) is 4.79 Å². The van der Waals surface area contributed by atoms with E-state index in [9.17, 15) is 9.59 Å². The zero-order valence-corrected chi connectivity index (χ0v) is 14.1. The van der Waals surface area contributed by atoms with Gasteiger partial charge < -0.3 is 20.9 Å². The number of nitrogens with zero attached hydrogens (tertiary/aromatic N) is 1. The summed E-state index contributed by atoms with van der Waals surface area (Å²) in [7, 11) is 3.39. The molecule has 1 aromatic rings. The normalized spacial score (nSPS) is 20.7. The summed E-state index contributed by atoms with van der Waals surface area (Å²) in [6.07, 6.45) is 1.76. The van der Waals surface area contributed by atoms with Crippen molar-refractivity contribution in [3.05, 3.63) is 29.8 Å². The highest BCUT2D eigenvalue weighted by Crippen LogP contribution is 2.17. The predicted octanol–water partition coefficient (Wildman–Crippen LogP) is 1.78. The van der Waals surface area contributed by atoms with Crippen LogP contribution < -0.4 is 16.0 Å². The van der Waals surface area contributed by atoms with Crippen LogP contribution in [0.5, 0.6) is 0 Å². The van der Waals surface area contributed by atoms with E-state index in [0.29, 0.717) is 12.6 Å². The van der Waals surface area contributed by atoms with E-state index in [4.69, 9.17) is 0 Å². The fourth-order valence-electron chi connectivity index (χ4n) is 2.70. The molecule has 1 fully saturated rings. The summed E-state index contributed by atoms with van der Waals surface area (Å²) in [5.41, 5.74) is 1.70. The van der Waals surface area contributed by atoms with Crippen molar-refractivity contribution in [1.29, 1.82) is 0 Å². The van der Waals surface area contributed by atoms with Crippen LogP contribution in [-0.4, -0.2) is 43.5 Å². The number of carbonyl (C=O) groups is 2. The van der Waals surface area contributed by atoms with Crippen LogP contribution in [0.4, 0.5) is 10.5 Å². The number of amides is 3. The van der Waals surface area contributed by atoms with Crippen molar-refractivity contribution in [3.63, 3.8) is 0 Å². The maximum absolute atomic E-state index is 12.3. The third kappa shape index (κ3) is 5.25. The SMILES string of the molecule is C[C@H]1C[C@@H](C(=O)NCc2cccc(NC(=O)N(C)C)c2)CCN1. The van der Waals surface area contributed by atoms with E-state index in [1.54, 1.807) is 14.1 Å². The molecule has 3 amide bonds. The van der Waals surface area contributed by atoms with Gasteiger partial charge in [-0.1, -0.05) is 12.1 Å². The molecule has 0 bridgehead atoms. The molecule has 1 aliphatic rings. The van der Waals surface area contributed by atoms with Gasteiger partial charge in [0.15, 0.2) is 0 Å². The summed E-state index contributed by atoms with van der Waals surface area (Å²) in [5.74, 6) is 0.198. The lowest BCUT2D eigenvalue weighted by Gasteiger charge is -2.27. The Balaban J connectivity index is 1.88. The molecule has 3 N–H and O–H groups in total. The molecular weight excluding hydrogens is 292 g/mol. The number of nitrogens with one attached hydrogen (secondary N) is 3. The van der Waals surface area contributed by atoms with Crippen LogP contribution in [-0.2, 0) is 11.3 Å². The first-order valence-electron chi connectivity index (χ1n) is 8.04. The number of hydrogen-bond acceptors (Lipinski definition) is 3. The molecule has 1 saturated heterocycles. The van der Waals surface area contributed by atoms with Gasteiger partial charge in [-0.2, -0.15) is 0 Å². The van der Waals surface area contributed by atoms with Crippen molar-refractivity contribution in [1.82, 2.24) is 15.5 Å². The molecule has 0 aromatic heterocycles. The van der Waals surface area contributed by atoms with Gasteiger partial charge in [0, 0.05) is 38.3 Å². The fourth-order valence-corrected chi connectivity index (χ4v) is 2.70. The first kappa shape index (κ1) is 17.3. The van der Waals surface area contributed by atoms with Gasteiger partial charge in [0.2, 0.25) is 5.91 Å². The van der Waals surface area contributed by atoms with E-state index in [0.717, 1.165) is 30.6 Å². The molecule has 2 atom stereocenters. The molecule has 6 nitrogen and oxygen atoms in total.